The summed E-state index contributed by atoms with van der Waals surface area (Å²) in [6.07, 6.45) is -0.0781. The van der Waals surface area contributed by atoms with E-state index in [0.29, 0.717) is 16.3 Å². The summed E-state index contributed by atoms with van der Waals surface area (Å²) in [6.45, 7) is 7.66. The van der Waals surface area contributed by atoms with E-state index in [1.807, 2.05) is 33.8 Å². The van der Waals surface area contributed by atoms with Crippen LogP contribution in [0, 0.1) is 13.8 Å². The number of carbonyl (C=O) groups is 2. The first-order valence-electron chi connectivity index (χ1n) is 7.27. The Bertz CT molecular complexity index is 731. The Morgan fingerprint density at radius 3 is 2.43 bits per heavy atom. The van der Waals surface area contributed by atoms with Crippen molar-refractivity contribution in [2.24, 2.45) is 5.73 Å². The van der Waals surface area contributed by atoms with E-state index in [0.717, 1.165) is 10.4 Å². The highest BCUT2D eigenvalue weighted by Crippen LogP contribution is 2.25. The van der Waals surface area contributed by atoms with Crippen molar-refractivity contribution in [2.75, 3.05) is 5.32 Å². The minimum Gasteiger partial charge on any atom is -0.490 e. The van der Waals surface area contributed by atoms with Crippen LogP contribution in [-0.2, 0) is 0 Å². The average molecular weight is 332 g/mol. The highest BCUT2D eigenvalue weighted by atomic mass is 32.1. The fraction of sp³-hybridized carbons (Fsp3) is 0.294. The van der Waals surface area contributed by atoms with Crippen LogP contribution in [0.15, 0.2) is 24.3 Å². The predicted octanol–water partition coefficient (Wildman–Crippen LogP) is 3.50. The third-order valence-electron chi connectivity index (χ3n) is 3.26. The second-order valence-corrected chi connectivity index (χ2v) is 6.80. The van der Waals surface area contributed by atoms with Crippen molar-refractivity contribution in [3.63, 3.8) is 0 Å². The summed E-state index contributed by atoms with van der Waals surface area (Å²) in [7, 11) is 0. The van der Waals surface area contributed by atoms with Gasteiger partial charge in [-0.15, -0.1) is 11.3 Å². The molecule has 0 aliphatic rings. The Labute approximate surface area is 139 Å². The van der Waals surface area contributed by atoms with Gasteiger partial charge >= 0.3 is 0 Å². The van der Waals surface area contributed by atoms with Crippen LogP contribution in [0.4, 0.5) is 5.69 Å². The first-order valence-corrected chi connectivity index (χ1v) is 8.08. The van der Waals surface area contributed by atoms with Crippen LogP contribution < -0.4 is 15.8 Å². The summed E-state index contributed by atoms with van der Waals surface area (Å²) in [5.41, 5.74) is 7.23. The minimum absolute atomic E-state index is 0.0781. The fourth-order valence-electron chi connectivity index (χ4n) is 2.03. The lowest BCUT2D eigenvalue weighted by Gasteiger charge is -2.14. The van der Waals surface area contributed by atoms with Crippen molar-refractivity contribution in [3.8, 4) is 5.75 Å². The van der Waals surface area contributed by atoms with Crippen molar-refractivity contribution in [1.29, 1.82) is 0 Å². The molecule has 0 fully saturated rings. The molecule has 1 aromatic heterocycles. The maximum Gasteiger partial charge on any atom is 0.265 e. The molecule has 2 rings (SSSR count). The van der Waals surface area contributed by atoms with Gasteiger partial charge in [-0.3, -0.25) is 9.59 Å². The second-order valence-electron chi connectivity index (χ2n) is 5.55. The van der Waals surface area contributed by atoms with Gasteiger partial charge in [0.2, 0.25) is 0 Å². The van der Waals surface area contributed by atoms with E-state index in [4.69, 9.17) is 10.5 Å². The number of benzene rings is 1. The molecule has 0 unspecified atom stereocenters. The lowest BCUT2D eigenvalue weighted by Crippen LogP contribution is -2.17. The van der Waals surface area contributed by atoms with Crippen molar-refractivity contribution < 1.29 is 14.3 Å². The number of hydrogen-bond acceptors (Lipinski definition) is 4. The van der Waals surface area contributed by atoms with Gasteiger partial charge < -0.3 is 15.8 Å². The van der Waals surface area contributed by atoms with Gasteiger partial charge in [0.15, 0.2) is 0 Å². The number of ether oxygens (including phenoxy) is 1. The monoisotopic (exact) mass is 332 g/mol. The van der Waals surface area contributed by atoms with Crippen LogP contribution in [0.25, 0.3) is 0 Å². The topological polar surface area (TPSA) is 81.4 Å². The summed E-state index contributed by atoms with van der Waals surface area (Å²) < 4.78 is 5.56. The molecule has 0 spiro atoms. The number of hydrogen-bond donors (Lipinski definition) is 2. The van der Waals surface area contributed by atoms with Gasteiger partial charge in [-0.05, 0) is 57.5 Å². The van der Waals surface area contributed by atoms with Crippen molar-refractivity contribution in [3.05, 3.63) is 45.1 Å². The van der Waals surface area contributed by atoms with E-state index in [1.54, 1.807) is 12.1 Å². The number of carbonyl (C=O) groups excluding carboxylic acids is 2. The maximum atomic E-state index is 12.3. The molecule has 3 N–H and O–H groups in total. The Morgan fingerprint density at radius 1 is 1.22 bits per heavy atom. The standard InChI is InChI=1S/C17H20N2O3S/c1-9(2)22-14-6-5-12(8-13(14)16(18)20)19-17(21)15-7-10(3)11(4)23-15/h5-9H,1-4H3,(H2,18,20)(H,19,21). The quantitative estimate of drug-likeness (QED) is 0.879. The second kappa shape index (κ2) is 6.83. The molecule has 2 amide bonds. The zero-order valence-corrected chi connectivity index (χ0v) is 14.4. The van der Waals surface area contributed by atoms with Gasteiger partial charge in [-0.25, -0.2) is 0 Å². The van der Waals surface area contributed by atoms with E-state index in [9.17, 15) is 9.59 Å². The molecule has 2 aromatic rings. The van der Waals surface area contributed by atoms with Crippen molar-refractivity contribution >= 4 is 28.8 Å². The number of anilines is 1. The van der Waals surface area contributed by atoms with E-state index < -0.39 is 5.91 Å². The Kier molecular flexibility index (Phi) is 5.05. The molecule has 122 valence electrons. The number of thiophene rings is 1. The number of nitrogens with two attached hydrogens (primary N) is 1. The molecule has 1 heterocycles. The summed E-state index contributed by atoms with van der Waals surface area (Å²) in [4.78, 5) is 25.6. The molecular weight excluding hydrogens is 312 g/mol. The van der Waals surface area contributed by atoms with Crippen molar-refractivity contribution in [1.82, 2.24) is 0 Å². The van der Waals surface area contributed by atoms with Crippen LogP contribution in [0.3, 0.4) is 0 Å². The number of aryl methyl sites for hydroxylation is 2. The van der Waals surface area contributed by atoms with Gasteiger partial charge in [0.25, 0.3) is 11.8 Å². The van der Waals surface area contributed by atoms with E-state index >= 15 is 0 Å². The highest BCUT2D eigenvalue weighted by Gasteiger charge is 2.15. The highest BCUT2D eigenvalue weighted by molar-refractivity contribution is 7.14. The number of nitrogens with one attached hydrogen (secondary N) is 1. The molecule has 0 atom stereocenters. The molecule has 0 saturated heterocycles. The first kappa shape index (κ1) is 17.0. The van der Waals surface area contributed by atoms with Crippen LogP contribution in [0.1, 0.15) is 44.3 Å². The van der Waals surface area contributed by atoms with Gasteiger partial charge in [-0.1, -0.05) is 0 Å². The Hall–Kier alpha value is -2.34. The summed E-state index contributed by atoms with van der Waals surface area (Å²) in [5, 5.41) is 2.78. The molecule has 23 heavy (non-hydrogen) atoms. The maximum absolute atomic E-state index is 12.3. The average Bonchev–Trinajstić information content (AvgIpc) is 2.79. The summed E-state index contributed by atoms with van der Waals surface area (Å²) in [6, 6.07) is 6.71. The van der Waals surface area contributed by atoms with Crippen LogP contribution >= 0.6 is 11.3 Å². The lowest BCUT2D eigenvalue weighted by molar-refractivity contribution is 0.0991. The van der Waals surface area contributed by atoms with Crippen molar-refractivity contribution in [2.45, 2.75) is 33.8 Å². The molecule has 5 nitrogen and oxygen atoms in total. The zero-order chi connectivity index (χ0) is 17.1. The normalized spacial score (nSPS) is 10.7. The number of primary amides is 1. The van der Waals surface area contributed by atoms with E-state index in [-0.39, 0.29) is 17.6 Å². The smallest absolute Gasteiger partial charge is 0.265 e. The third kappa shape index (κ3) is 4.10. The minimum atomic E-state index is -0.598. The summed E-state index contributed by atoms with van der Waals surface area (Å²) in [5.74, 6) is -0.396. The van der Waals surface area contributed by atoms with Gasteiger partial charge in [0.05, 0.1) is 16.5 Å². The number of amides is 2. The lowest BCUT2D eigenvalue weighted by atomic mass is 10.1. The summed E-state index contributed by atoms with van der Waals surface area (Å²) >= 11 is 1.44. The zero-order valence-electron chi connectivity index (χ0n) is 13.6. The van der Waals surface area contributed by atoms with Gasteiger partial charge in [0.1, 0.15) is 5.75 Å². The Balaban J connectivity index is 2.24. The van der Waals surface area contributed by atoms with E-state index in [1.165, 1.54) is 17.4 Å². The molecule has 0 aliphatic heterocycles. The van der Waals surface area contributed by atoms with Crippen LogP contribution in [0.2, 0.25) is 0 Å². The first-order chi connectivity index (χ1) is 10.8. The van der Waals surface area contributed by atoms with Gasteiger partial charge in [-0.2, -0.15) is 0 Å². The largest absolute Gasteiger partial charge is 0.490 e. The van der Waals surface area contributed by atoms with E-state index in [2.05, 4.69) is 5.32 Å². The molecular formula is C17H20N2O3S. The predicted molar refractivity (Wildman–Crippen MR) is 92.5 cm³/mol. The molecule has 6 heteroatoms. The SMILES string of the molecule is Cc1cc(C(=O)Nc2ccc(OC(C)C)c(C(N)=O)c2)sc1C. The van der Waals surface area contributed by atoms with Gasteiger partial charge in [0, 0.05) is 10.6 Å². The molecule has 0 radical (unpaired) electrons. The van der Waals surface area contributed by atoms with Crippen LogP contribution in [0.5, 0.6) is 5.75 Å². The molecule has 0 aliphatic carbocycles. The fourth-order valence-corrected chi connectivity index (χ4v) is 2.96. The third-order valence-corrected chi connectivity index (χ3v) is 4.41. The number of rotatable bonds is 5. The Morgan fingerprint density at radius 2 is 1.91 bits per heavy atom. The molecule has 1 aromatic carbocycles. The van der Waals surface area contributed by atoms with Crippen LogP contribution in [-0.4, -0.2) is 17.9 Å². The molecule has 0 bridgehead atoms. The molecule has 0 saturated carbocycles.